The summed E-state index contributed by atoms with van der Waals surface area (Å²) in [7, 11) is 0. The second kappa shape index (κ2) is 7.26. The average Bonchev–Trinajstić information content (AvgIpc) is 2.42. The van der Waals surface area contributed by atoms with Crippen LogP contribution in [0.4, 0.5) is 4.39 Å². The standard InChI is InChI=1S/C17H18Cl2FN/c1-3-21-17(12-8-7-11(2)9-16(12)20)10-13-14(18)5-4-6-15(13)19/h4-9,17,21H,3,10H2,1-2H3. The number of hydrogen-bond donors (Lipinski definition) is 1. The lowest BCUT2D eigenvalue weighted by molar-refractivity contribution is 0.509. The highest BCUT2D eigenvalue weighted by Crippen LogP contribution is 2.30. The van der Waals surface area contributed by atoms with E-state index in [-0.39, 0.29) is 11.9 Å². The Morgan fingerprint density at radius 3 is 2.38 bits per heavy atom. The SMILES string of the molecule is CCNC(Cc1c(Cl)cccc1Cl)c1ccc(C)cc1F. The minimum atomic E-state index is -0.205. The normalized spacial score (nSPS) is 12.4. The van der Waals surface area contributed by atoms with E-state index in [0.717, 1.165) is 17.7 Å². The molecule has 2 aromatic carbocycles. The minimum Gasteiger partial charge on any atom is -0.310 e. The lowest BCUT2D eigenvalue weighted by atomic mass is 9.97. The van der Waals surface area contributed by atoms with Gasteiger partial charge in [0.15, 0.2) is 0 Å². The van der Waals surface area contributed by atoms with Gasteiger partial charge in [-0.05, 0) is 49.2 Å². The number of halogens is 3. The van der Waals surface area contributed by atoms with Crippen molar-refractivity contribution < 1.29 is 4.39 Å². The number of likely N-dealkylation sites (N-methyl/N-ethyl adjacent to an activating group) is 1. The van der Waals surface area contributed by atoms with Crippen LogP contribution in [0.2, 0.25) is 10.0 Å². The van der Waals surface area contributed by atoms with Crippen LogP contribution in [0, 0.1) is 12.7 Å². The maximum atomic E-state index is 14.2. The largest absolute Gasteiger partial charge is 0.310 e. The van der Waals surface area contributed by atoms with Gasteiger partial charge in [-0.15, -0.1) is 0 Å². The lowest BCUT2D eigenvalue weighted by Gasteiger charge is -2.20. The van der Waals surface area contributed by atoms with Gasteiger partial charge in [0.25, 0.3) is 0 Å². The van der Waals surface area contributed by atoms with E-state index in [1.165, 1.54) is 0 Å². The summed E-state index contributed by atoms with van der Waals surface area (Å²) in [6.07, 6.45) is 0.548. The summed E-state index contributed by atoms with van der Waals surface area (Å²) in [5, 5.41) is 4.52. The number of rotatable bonds is 5. The van der Waals surface area contributed by atoms with E-state index in [1.54, 1.807) is 18.2 Å². The van der Waals surface area contributed by atoms with Gasteiger partial charge in [0.05, 0.1) is 0 Å². The Kier molecular flexibility index (Phi) is 5.63. The highest BCUT2D eigenvalue weighted by Gasteiger charge is 2.18. The summed E-state index contributed by atoms with van der Waals surface area (Å²) < 4.78 is 14.2. The molecule has 0 spiro atoms. The molecular formula is C17H18Cl2FN. The molecule has 1 unspecified atom stereocenters. The zero-order valence-electron chi connectivity index (χ0n) is 12.1. The molecule has 112 valence electrons. The predicted molar refractivity (Wildman–Crippen MR) is 87.7 cm³/mol. The van der Waals surface area contributed by atoms with Gasteiger partial charge < -0.3 is 5.32 Å². The van der Waals surface area contributed by atoms with Crippen molar-refractivity contribution in [1.82, 2.24) is 5.32 Å². The Hall–Kier alpha value is -1.09. The van der Waals surface area contributed by atoms with E-state index in [2.05, 4.69) is 5.32 Å². The van der Waals surface area contributed by atoms with E-state index in [1.807, 2.05) is 32.0 Å². The molecule has 1 atom stereocenters. The Bertz CT molecular complexity index is 608. The number of aryl methyl sites for hydroxylation is 1. The summed E-state index contributed by atoms with van der Waals surface area (Å²) in [5.74, 6) is -0.205. The van der Waals surface area contributed by atoms with Crippen molar-refractivity contribution >= 4 is 23.2 Å². The van der Waals surface area contributed by atoms with Crippen molar-refractivity contribution in [2.45, 2.75) is 26.3 Å². The third-order valence-electron chi connectivity index (χ3n) is 3.45. The van der Waals surface area contributed by atoms with Crippen molar-refractivity contribution in [2.24, 2.45) is 0 Å². The molecule has 0 radical (unpaired) electrons. The Morgan fingerprint density at radius 1 is 1.14 bits per heavy atom. The van der Waals surface area contributed by atoms with Gasteiger partial charge in [0.1, 0.15) is 5.82 Å². The van der Waals surface area contributed by atoms with Crippen LogP contribution in [-0.2, 0) is 6.42 Å². The van der Waals surface area contributed by atoms with Gasteiger partial charge in [0.2, 0.25) is 0 Å². The molecule has 0 amide bonds. The summed E-state index contributed by atoms with van der Waals surface area (Å²) in [6.45, 7) is 4.60. The second-order valence-corrected chi connectivity index (χ2v) is 5.85. The van der Waals surface area contributed by atoms with Crippen molar-refractivity contribution in [1.29, 1.82) is 0 Å². The molecule has 4 heteroatoms. The smallest absolute Gasteiger partial charge is 0.128 e. The summed E-state index contributed by atoms with van der Waals surface area (Å²) in [4.78, 5) is 0. The molecule has 21 heavy (non-hydrogen) atoms. The predicted octanol–water partition coefficient (Wildman–Crippen LogP) is 5.33. The molecule has 2 rings (SSSR count). The Morgan fingerprint density at radius 2 is 1.81 bits per heavy atom. The van der Waals surface area contributed by atoms with Crippen LogP contribution >= 0.6 is 23.2 Å². The fourth-order valence-electron chi connectivity index (χ4n) is 2.38. The highest BCUT2D eigenvalue weighted by atomic mass is 35.5. The van der Waals surface area contributed by atoms with Crippen LogP contribution in [-0.4, -0.2) is 6.54 Å². The molecule has 0 bridgehead atoms. The third-order valence-corrected chi connectivity index (χ3v) is 4.16. The van der Waals surface area contributed by atoms with Crippen LogP contribution in [0.1, 0.15) is 29.7 Å². The fourth-order valence-corrected chi connectivity index (χ4v) is 2.94. The molecule has 2 aromatic rings. The lowest BCUT2D eigenvalue weighted by Crippen LogP contribution is -2.24. The molecule has 0 saturated heterocycles. The van der Waals surface area contributed by atoms with Crippen molar-refractivity contribution in [2.75, 3.05) is 6.54 Å². The topological polar surface area (TPSA) is 12.0 Å². The monoisotopic (exact) mass is 325 g/mol. The molecule has 0 saturated carbocycles. The number of benzene rings is 2. The maximum Gasteiger partial charge on any atom is 0.128 e. The van der Waals surface area contributed by atoms with Gasteiger partial charge in [-0.3, -0.25) is 0 Å². The van der Waals surface area contributed by atoms with E-state index >= 15 is 0 Å². The van der Waals surface area contributed by atoms with E-state index in [0.29, 0.717) is 22.0 Å². The minimum absolute atomic E-state index is 0.159. The molecule has 0 fully saturated rings. The Labute approximate surface area is 135 Å². The van der Waals surface area contributed by atoms with Crippen LogP contribution in [0.25, 0.3) is 0 Å². The molecule has 1 nitrogen and oxygen atoms in total. The first-order valence-corrected chi connectivity index (χ1v) is 7.70. The zero-order valence-corrected chi connectivity index (χ0v) is 13.6. The zero-order chi connectivity index (χ0) is 15.4. The molecule has 1 N–H and O–H groups in total. The Balaban J connectivity index is 2.35. The van der Waals surface area contributed by atoms with Crippen molar-refractivity contribution in [3.63, 3.8) is 0 Å². The molecule has 0 aromatic heterocycles. The average molecular weight is 326 g/mol. The van der Waals surface area contributed by atoms with Crippen LogP contribution in [0.3, 0.4) is 0 Å². The van der Waals surface area contributed by atoms with Gasteiger partial charge >= 0.3 is 0 Å². The summed E-state index contributed by atoms with van der Waals surface area (Å²) in [6, 6.07) is 10.5. The van der Waals surface area contributed by atoms with Crippen LogP contribution < -0.4 is 5.32 Å². The molecule has 0 heterocycles. The van der Waals surface area contributed by atoms with Gasteiger partial charge in [-0.25, -0.2) is 4.39 Å². The third kappa shape index (κ3) is 3.97. The van der Waals surface area contributed by atoms with Crippen molar-refractivity contribution in [3.05, 3.63) is 69.0 Å². The van der Waals surface area contributed by atoms with E-state index in [4.69, 9.17) is 23.2 Å². The van der Waals surface area contributed by atoms with E-state index < -0.39 is 0 Å². The quantitative estimate of drug-likeness (QED) is 0.782. The van der Waals surface area contributed by atoms with Gasteiger partial charge in [-0.1, -0.05) is 48.3 Å². The molecule has 0 aliphatic rings. The fraction of sp³-hybridized carbons (Fsp3) is 0.294. The van der Waals surface area contributed by atoms with E-state index in [9.17, 15) is 4.39 Å². The first kappa shape index (κ1) is 16.3. The second-order valence-electron chi connectivity index (χ2n) is 5.04. The summed E-state index contributed by atoms with van der Waals surface area (Å²) >= 11 is 12.4. The highest BCUT2D eigenvalue weighted by molar-refractivity contribution is 6.36. The molecule has 0 aliphatic heterocycles. The first-order chi connectivity index (χ1) is 10.0. The first-order valence-electron chi connectivity index (χ1n) is 6.95. The summed E-state index contributed by atoms with van der Waals surface area (Å²) in [5.41, 5.74) is 2.38. The van der Waals surface area contributed by atoms with Crippen LogP contribution in [0.5, 0.6) is 0 Å². The van der Waals surface area contributed by atoms with Crippen molar-refractivity contribution in [3.8, 4) is 0 Å². The maximum absolute atomic E-state index is 14.2. The van der Waals surface area contributed by atoms with Gasteiger partial charge in [0, 0.05) is 21.7 Å². The molecular weight excluding hydrogens is 308 g/mol. The van der Waals surface area contributed by atoms with Gasteiger partial charge in [-0.2, -0.15) is 0 Å². The van der Waals surface area contributed by atoms with Crippen LogP contribution in [0.15, 0.2) is 36.4 Å². The molecule has 0 aliphatic carbocycles. The number of nitrogens with one attached hydrogen (secondary N) is 1. The number of hydrogen-bond acceptors (Lipinski definition) is 1.